The molecule has 0 aliphatic carbocycles. The van der Waals surface area contributed by atoms with Crippen LogP contribution in [0, 0.1) is 0 Å². The molecule has 0 N–H and O–H groups in total. The SMILES string of the molecule is CON(C)C(=O)c1ccc(C(=O)C(F)F)cc1. The van der Waals surface area contributed by atoms with Crippen molar-refractivity contribution < 1.29 is 23.2 Å². The van der Waals surface area contributed by atoms with E-state index in [4.69, 9.17) is 0 Å². The van der Waals surface area contributed by atoms with Crippen LogP contribution in [-0.2, 0) is 4.84 Å². The Kier molecular flexibility index (Phi) is 4.28. The maximum atomic E-state index is 12.1. The average Bonchev–Trinajstić information content (AvgIpc) is 2.36. The van der Waals surface area contributed by atoms with Gasteiger partial charge in [-0.2, -0.15) is 0 Å². The quantitative estimate of drug-likeness (QED) is 0.598. The summed E-state index contributed by atoms with van der Waals surface area (Å²) in [4.78, 5) is 27.2. The minimum atomic E-state index is -3.04. The van der Waals surface area contributed by atoms with E-state index in [-0.39, 0.29) is 11.1 Å². The number of rotatable bonds is 4. The minimum Gasteiger partial charge on any atom is -0.288 e. The summed E-state index contributed by atoms with van der Waals surface area (Å²) in [7, 11) is 2.74. The zero-order chi connectivity index (χ0) is 13.0. The number of hydroxylamine groups is 2. The van der Waals surface area contributed by atoms with Gasteiger partial charge in [0.15, 0.2) is 0 Å². The van der Waals surface area contributed by atoms with Crippen molar-refractivity contribution >= 4 is 11.7 Å². The summed E-state index contributed by atoms with van der Waals surface area (Å²) >= 11 is 0. The Labute approximate surface area is 96.7 Å². The summed E-state index contributed by atoms with van der Waals surface area (Å²) in [5, 5.41) is 0.990. The van der Waals surface area contributed by atoms with E-state index >= 15 is 0 Å². The first-order chi connectivity index (χ1) is 7.97. The van der Waals surface area contributed by atoms with Gasteiger partial charge in [-0.1, -0.05) is 12.1 Å². The molecule has 0 spiro atoms. The molecule has 0 saturated heterocycles. The van der Waals surface area contributed by atoms with Gasteiger partial charge in [-0.05, 0) is 12.1 Å². The van der Waals surface area contributed by atoms with Gasteiger partial charge < -0.3 is 0 Å². The zero-order valence-electron chi connectivity index (χ0n) is 9.31. The number of ketones is 1. The van der Waals surface area contributed by atoms with Crippen LogP contribution in [0.25, 0.3) is 0 Å². The fourth-order valence-corrected chi connectivity index (χ4v) is 1.17. The van der Waals surface area contributed by atoms with Crippen molar-refractivity contribution in [3.63, 3.8) is 0 Å². The molecule has 0 heterocycles. The van der Waals surface area contributed by atoms with E-state index in [0.29, 0.717) is 0 Å². The van der Waals surface area contributed by atoms with Crippen LogP contribution in [0.3, 0.4) is 0 Å². The van der Waals surface area contributed by atoms with E-state index in [9.17, 15) is 18.4 Å². The van der Waals surface area contributed by atoms with Gasteiger partial charge in [0.05, 0.1) is 7.11 Å². The molecule has 6 heteroatoms. The Bertz CT molecular complexity index is 417. The summed E-state index contributed by atoms with van der Waals surface area (Å²) in [5.41, 5.74) is 0.122. The van der Waals surface area contributed by atoms with Gasteiger partial charge in [0.25, 0.3) is 5.91 Å². The number of hydrogen-bond acceptors (Lipinski definition) is 3. The Morgan fingerprint density at radius 3 is 2.06 bits per heavy atom. The number of amides is 1. The maximum Gasteiger partial charge on any atom is 0.300 e. The Morgan fingerprint density at radius 1 is 1.18 bits per heavy atom. The molecule has 0 aromatic heterocycles. The molecule has 0 bridgehead atoms. The normalized spacial score (nSPS) is 10.4. The van der Waals surface area contributed by atoms with Crippen LogP contribution >= 0.6 is 0 Å². The van der Waals surface area contributed by atoms with E-state index in [1.165, 1.54) is 38.4 Å². The van der Waals surface area contributed by atoms with Crippen LogP contribution in [0.1, 0.15) is 20.7 Å². The molecule has 1 aromatic carbocycles. The summed E-state index contributed by atoms with van der Waals surface area (Å²) < 4.78 is 24.2. The molecule has 0 aliphatic heterocycles. The van der Waals surface area contributed by atoms with E-state index in [0.717, 1.165) is 5.06 Å². The minimum absolute atomic E-state index is 0.128. The molecule has 1 amide bonds. The largest absolute Gasteiger partial charge is 0.300 e. The molecule has 0 unspecified atom stereocenters. The predicted octanol–water partition coefficient (Wildman–Crippen LogP) is 1.77. The van der Waals surface area contributed by atoms with Crippen molar-refractivity contribution in [1.29, 1.82) is 0 Å². The van der Waals surface area contributed by atoms with Crippen molar-refractivity contribution in [1.82, 2.24) is 5.06 Å². The van der Waals surface area contributed by atoms with Crippen LogP contribution < -0.4 is 0 Å². The van der Waals surface area contributed by atoms with Crippen LogP contribution in [0.2, 0.25) is 0 Å². The number of Topliss-reactive ketones (excluding diaryl/α,β-unsaturated/α-hetero) is 1. The van der Waals surface area contributed by atoms with Gasteiger partial charge in [0.1, 0.15) is 0 Å². The Balaban J connectivity index is 2.89. The molecule has 0 aliphatic rings. The monoisotopic (exact) mass is 243 g/mol. The van der Waals surface area contributed by atoms with Gasteiger partial charge in [-0.25, -0.2) is 13.8 Å². The third kappa shape index (κ3) is 3.07. The highest BCUT2D eigenvalue weighted by atomic mass is 19.3. The summed E-state index contributed by atoms with van der Waals surface area (Å²) in [6.07, 6.45) is -3.04. The molecule has 0 saturated carbocycles. The lowest BCUT2D eigenvalue weighted by Gasteiger charge is -2.13. The first kappa shape index (κ1) is 13.2. The first-order valence-electron chi connectivity index (χ1n) is 4.72. The second-order valence-corrected chi connectivity index (χ2v) is 3.23. The highest BCUT2D eigenvalue weighted by molar-refractivity contribution is 6.00. The third-order valence-electron chi connectivity index (χ3n) is 2.17. The highest BCUT2D eigenvalue weighted by Crippen LogP contribution is 2.11. The van der Waals surface area contributed by atoms with Crippen molar-refractivity contribution in [2.45, 2.75) is 6.43 Å². The molecular weight excluding hydrogens is 232 g/mol. The van der Waals surface area contributed by atoms with Gasteiger partial charge in [-0.3, -0.25) is 14.4 Å². The Hall–Kier alpha value is -1.82. The molecule has 0 radical (unpaired) electrons. The Morgan fingerprint density at radius 2 is 1.65 bits per heavy atom. The summed E-state index contributed by atoms with van der Waals surface area (Å²) in [6.45, 7) is 0. The molecule has 1 rings (SSSR count). The van der Waals surface area contributed by atoms with Gasteiger partial charge in [0, 0.05) is 18.2 Å². The standard InChI is InChI=1S/C11H11F2NO3/c1-14(17-2)11(16)8-5-3-7(4-6-8)9(15)10(12)13/h3-6,10H,1-2H3. The maximum absolute atomic E-state index is 12.1. The number of carbonyl (C=O) groups excluding carboxylic acids is 2. The smallest absolute Gasteiger partial charge is 0.288 e. The van der Waals surface area contributed by atoms with Gasteiger partial charge >= 0.3 is 6.43 Å². The van der Waals surface area contributed by atoms with Crippen LogP contribution in [0.15, 0.2) is 24.3 Å². The average molecular weight is 243 g/mol. The zero-order valence-corrected chi connectivity index (χ0v) is 9.31. The van der Waals surface area contributed by atoms with E-state index in [2.05, 4.69) is 4.84 Å². The third-order valence-corrected chi connectivity index (χ3v) is 2.17. The van der Waals surface area contributed by atoms with E-state index in [1.54, 1.807) is 0 Å². The first-order valence-corrected chi connectivity index (χ1v) is 4.72. The van der Waals surface area contributed by atoms with Crippen molar-refractivity contribution in [2.24, 2.45) is 0 Å². The lowest BCUT2D eigenvalue weighted by molar-refractivity contribution is -0.0756. The number of benzene rings is 1. The van der Waals surface area contributed by atoms with E-state index < -0.39 is 18.1 Å². The molecular formula is C11H11F2NO3. The predicted molar refractivity (Wildman–Crippen MR) is 55.9 cm³/mol. The number of nitrogens with zero attached hydrogens (tertiary/aromatic N) is 1. The molecule has 0 atom stereocenters. The molecule has 17 heavy (non-hydrogen) atoms. The van der Waals surface area contributed by atoms with E-state index in [1.807, 2.05) is 0 Å². The highest BCUT2D eigenvalue weighted by Gasteiger charge is 2.18. The van der Waals surface area contributed by atoms with Crippen molar-refractivity contribution in [3.05, 3.63) is 35.4 Å². The topological polar surface area (TPSA) is 46.6 Å². The lowest BCUT2D eigenvalue weighted by Crippen LogP contribution is -2.25. The molecule has 0 fully saturated rings. The second-order valence-electron chi connectivity index (χ2n) is 3.23. The van der Waals surface area contributed by atoms with Crippen LogP contribution in [0.5, 0.6) is 0 Å². The lowest BCUT2D eigenvalue weighted by atomic mass is 10.1. The molecule has 1 aromatic rings. The summed E-state index contributed by atoms with van der Waals surface area (Å²) in [5.74, 6) is -1.69. The van der Waals surface area contributed by atoms with Crippen molar-refractivity contribution in [3.8, 4) is 0 Å². The number of hydrogen-bond donors (Lipinski definition) is 0. The summed E-state index contributed by atoms with van der Waals surface area (Å²) in [6, 6.07) is 4.97. The number of halogens is 2. The number of alkyl halides is 2. The second kappa shape index (κ2) is 5.49. The fourth-order valence-electron chi connectivity index (χ4n) is 1.17. The van der Waals surface area contributed by atoms with Gasteiger partial charge in [-0.15, -0.1) is 0 Å². The number of carbonyl (C=O) groups is 2. The fraction of sp³-hybridized carbons (Fsp3) is 0.273. The molecule has 92 valence electrons. The van der Waals surface area contributed by atoms with Gasteiger partial charge in [0.2, 0.25) is 5.78 Å². The van der Waals surface area contributed by atoms with Crippen LogP contribution in [0.4, 0.5) is 8.78 Å². The van der Waals surface area contributed by atoms with Crippen LogP contribution in [-0.4, -0.2) is 37.3 Å². The molecule has 4 nitrogen and oxygen atoms in total. The van der Waals surface area contributed by atoms with Crippen molar-refractivity contribution in [2.75, 3.05) is 14.2 Å².